The van der Waals surface area contributed by atoms with Crippen molar-refractivity contribution in [1.29, 1.82) is 0 Å². The van der Waals surface area contributed by atoms with E-state index >= 15 is 0 Å². The van der Waals surface area contributed by atoms with E-state index in [1.165, 1.54) is 18.2 Å². The molecule has 0 aliphatic heterocycles. The van der Waals surface area contributed by atoms with Crippen LogP contribution in [0.1, 0.15) is 16.2 Å². The van der Waals surface area contributed by atoms with Gasteiger partial charge in [0.15, 0.2) is 0 Å². The Hall–Kier alpha value is -3.22. The number of benzene rings is 2. The monoisotopic (exact) mass is 310 g/mol. The summed E-state index contributed by atoms with van der Waals surface area (Å²) in [6, 6.07) is 13.3. The van der Waals surface area contributed by atoms with Gasteiger partial charge in [0.2, 0.25) is 0 Å². The number of fused-ring (bicyclic) bond motifs is 1. The molecule has 1 amide bonds. The Bertz CT molecular complexity index is 839. The van der Waals surface area contributed by atoms with Gasteiger partial charge in [-0.2, -0.15) is 0 Å². The molecule has 0 spiro atoms. The maximum atomic E-state index is 12.0. The highest BCUT2D eigenvalue weighted by molar-refractivity contribution is 5.94. The van der Waals surface area contributed by atoms with E-state index in [-0.39, 0.29) is 17.2 Å². The molecule has 0 fully saturated rings. The molecular formula is C16H14N4O3. The largest absolute Gasteiger partial charge is 0.352 e. The molecule has 0 aliphatic carbocycles. The standard InChI is InChI=1S/C16H14N4O3/c21-16(11-4-3-5-12(10-11)20(22)23)17-9-8-15-18-13-6-1-2-7-14(13)19-15/h1-7,10H,8-9H2,(H,17,21)(H,18,19). The number of carbonyl (C=O) groups excluding carboxylic acids is 1. The number of imidazole rings is 1. The molecule has 0 radical (unpaired) electrons. The van der Waals surface area contributed by atoms with Gasteiger partial charge in [-0.3, -0.25) is 14.9 Å². The normalized spacial score (nSPS) is 10.6. The number of carbonyl (C=O) groups is 1. The summed E-state index contributed by atoms with van der Waals surface area (Å²) in [5, 5.41) is 13.5. The molecule has 2 N–H and O–H groups in total. The summed E-state index contributed by atoms with van der Waals surface area (Å²) in [5.74, 6) is 0.440. The van der Waals surface area contributed by atoms with Crippen molar-refractivity contribution in [2.45, 2.75) is 6.42 Å². The minimum absolute atomic E-state index is 0.102. The number of hydrogen-bond donors (Lipinski definition) is 2. The number of aromatic nitrogens is 2. The Kier molecular flexibility index (Phi) is 4.01. The zero-order valence-corrected chi connectivity index (χ0v) is 12.2. The van der Waals surface area contributed by atoms with E-state index in [1.54, 1.807) is 6.07 Å². The lowest BCUT2D eigenvalue weighted by Crippen LogP contribution is -2.25. The number of amides is 1. The van der Waals surface area contributed by atoms with E-state index in [1.807, 2.05) is 24.3 Å². The molecule has 23 heavy (non-hydrogen) atoms. The van der Waals surface area contributed by atoms with Gasteiger partial charge in [0.25, 0.3) is 11.6 Å². The Labute approximate surface area is 131 Å². The summed E-state index contributed by atoms with van der Waals surface area (Å²) in [6.07, 6.45) is 0.551. The molecule has 2 aromatic carbocycles. The molecular weight excluding hydrogens is 296 g/mol. The maximum absolute atomic E-state index is 12.0. The number of rotatable bonds is 5. The van der Waals surface area contributed by atoms with E-state index in [4.69, 9.17) is 0 Å². The highest BCUT2D eigenvalue weighted by atomic mass is 16.6. The van der Waals surface area contributed by atoms with Crippen LogP contribution in [0.25, 0.3) is 11.0 Å². The first kappa shape index (κ1) is 14.7. The molecule has 1 aromatic heterocycles. The number of non-ortho nitro benzene ring substituents is 1. The summed E-state index contributed by atoms with van der Waals surface area (Å²) in [5.41, 5.74) is 2.00. The fourth-order valence-corrected chi connectivity index (χ4v) is 2.28. The van der Waals surface area contributed by atoms with Gasteiger partial charge < -0.3 is 10.3 Å². The summed E-state index contributed by atoms with van der Waals surface area (Å²) in [6.45, 7) is 0.390. The molecule has 116 valence electrons. The fraction of sp³-hybridized carbons (Fsp3) is 0.125. The summed E-state index contributed by atoms with van der Waals surface area (Å²) < 4.78 is 0. The van der Waals surface area contributed by atoms with Crippen LogP contribution in [0.4, 0.5) is 5.69 Å². The molecule has 0 bridgehead atoms. The van der Waals surface area contributed by atoms with E-state index in [9.17, 15) is 14.9 Å². The smallest absolute Gasteiger partial charge is 0.270 e. The second kappa shape index (κ2) is 6.27. The van der Waals surface area contributed by atoms with Crippen molar-refractivity contribution in [1.82, 2.24) is 15.3 Å². The van der Waals surface area contributed by atoms with Gasteiger partial charge in [0.05, 0.1) is 16.0 Å². The van der Waals surface area contributed by atoms with Crippen LogP contribution in [0.5, 0.6) is 0 Å². The van der Waals surface area contributed by atoms with E-state index < -0.39 is 4.92 Å². The Morgan fingerprint density at radius 3 is 2.83 bits per heavy atom. The van der Waals surface area contributed by atoms with Crippen molar-refractivity contribution in [3.8, 4) is 0 Å². The topological polar surface area (TPSA) is 101 Å². The van der Waals surface area contributed by atoms with Crippen LogP contribution in [0.15, 0.2) is 48.5 Å². The second-order valence-electron chi connectivity index (χ2n) is 5.01. The first-order chi connectivity index (χ1) is 11.1. The lowest BCUT2D eigenvalue weighted by atomic mass is 10.2. The number of nitrogens with zero attached hydrogens (tertiary/aromatic N) is 2. The first-order valence-corrected chi connectivity index (χ1v) is 7.10. The third-order valence-electron chi connectivity index (χ3n) is 3.40. The van der Waals surface area contributed by atoms with Gasteiger partial charge in [-0.15, -0.1) is 0 Å². The van der Waals surface area contributed by atoms with Crippen molar-refractivity contribution in [2.24, 2.45) is 0 Å². The van der Waals surface area contributed by atoms with Crippen LogP contribution in [0.2, 0.25) is 0 Å². The number of nitrogens with one attached hydrogen (secondary N) is 2. The van der Waals surface area contributed by atoms with Crippen LogP contribution in [-0.2, 0) is 6.42 Å². The summed E-state index contributed by atoms with van der Waals surface area (Å²) in [7, 11) is 0. The molecule has 0 saturated carbocycles. The van der Waals surface area contributed by atoms with Gasteiger partial charge >= 0.3 is 0 Å². The molecule has 0 atom stereocenters. The molecule has 7 heteroatoms. The van der Waals surface area contributed by atoms with E-state index in [2.05, 4.69) is 15.3 Å². The number of nitro groups is 1. The van der Waals surface area contributed by atoms with Gasteiger partial charge in [-0.25, -0.2) is 4.98 Å². The van der Waals surface area contributed by atoms with Gasteiger partial charge in [0, 0.05) is 30.7 Å². The van der Waals surface area contributed by atoms with E-state index in [0.29, 0.717) is 13.0 Å². The van der Waals surface area contributed by atoms with Crippen LogP contribution in [0, 0.1) is 10.1 Å². The first-order valence-electron chi connectivity index (χ1n) is 7.10. The van der Waals surface area contributed by atoms with Crippen LogP contribution >= 0.6 is 0 Å². The predicted molar refractivity (Wildman–Crippen MR) is 85.2 cm³/mol. The summed E-state index contributed by atoms with van der Waals surface area (Å²) in [4.78, 5) is 29.8. The van der Waals surface area contributed by atoms with Crippen molar-refractivity contribution in [3.63, 3.8) is 0 Å². The van der Waals surface area contributed by atoms with Gasteiger partial charge in [0.1, 0.15) is 5.82 Å². The second-order valence-corrected chi connectivity index (χ2v) is 5.01. The van der Waals surface area contributed by atoms with E-state index in [0.717, 1.165) is 16.9 Å². The number of H-pyrrole nitrogens is 1. The van der Waals surface area contributed by atoms with Crippen LogP contribution in [-0.4, -0.2) is 27.3 Å². The molecule has 3 aromatic rings. The van der Waals surface area contributed by atoms with Crippen molar-refractivity contribution in [3.05, 3.63) is 70.0 Å². The van der Waals surface area contributed by atoms with Crippen LogP contribution < -0.4 is 5.32 Å². The molecule has 0 saturated heterocycles. The Morgan fingerprint density at radius 2 is 2.04 bits per heavy atom. The minimum Gasteiger partial charge on any atom is -0.352 e. The zero-order valence-electron chi connectivity index (χ0n) is 12.2. The van der Waals surface area contributed by atoms with Crippen LogP contribution in [0.3, 0.4) is 0 Å². The fourth-order valence-electron chi connectivity index (χ4n) is 2.28. The lowest BCUT2D eigenvalue weighted by molar-refractivity contribution is -0.384. The average molecular weight is 310 g/mol. The Morgan fingerprint density at radius 1 is 1.22 bits per heavy atom. The third kappa shape index (κ3) is 3.34. The van der Waals surface area contributed by atoms with Crippen molar-refractivity contribution in [2.75, 3.05) is 6.54 Å². The summed E-state index contributed by atoms with van der Waals surface area (Å²) >= 11 is 0. The number of nitro benzene ring substituents is 1. The molecule has 0 aliphatic rings. The lowest BCUT2D eigenvalue weighted by Gasteiger charge is -2.04. The van der Waals surface area contributed by atoms with Gasteiger partial charge in [-0.05, 0) is 18.2 Å². The third-order valence-corrected chi connectivity index (χ3v) is 3.40. The zero-order chi connectivity index (χ0) is 16.2. The van der Waals surface area contributed by atoms with Crippen molar-refractivity contribution >= 4 is 22.6 Å². The van der Waals surface area contributed by atoms with Crippen molar-refractivity contribution < 1.29 is 9.72 Å². The minimum atomic E-state index is -0.523. The maximum Gasteiger partial charge on any atom is 0.270 e. The number of para-hydroxylation sites is 2. The average Bonchev–Trinajstić information content (AvgIpc) is 2.97. The highest BCUT2D eigenvalue weighted by Gasteiger charge is 2.11. The molecule has 3 rings (SSSR count). The predicted octanol–water partition coefficient (Wildman–Crippen LogP) is 2.44. The number of aromatic amines is 1. The SMILES string of the molecule is O=C(NCCc1nc2ccccc2[nH]1)c1cccc([N+](=O)[O-])c1. The Balaban J connectivity index is 1.60. The molecule has 1 heterocycles. The number of hydrogen-bond acceptors (Lipinski definition) is 4. The molecule has 0 unspecified atom stereocenters. The van der Waals surface area contributed by atoms with Gasteiger partial charge in [-0.1, -0.05) is 18.2 Å². The molecule has 7 nitrogen and oxygen atoms in total. The quantitative estimate of drug-likeness (QED) is 0.558. The highest BCUT2D eigenvalue weighted by Crippen LogP contribution is 2.13.